The minimum atomic E-state index is -0.382. The molecule has 0 N–H and O–H groups in total. The number of nitrogens with zero attached hydrogens (tertiary/aromatic N) is 3. The molecule has 0 saturated heterocycles. The van der Waals surface area contributed by atoms with Crippen LogP contribution in [0.3, 0.4) is 0 Å². The van der Waals surface area contributed by atoms with E-state index in [0.717, 1.165) is 17.0 Å². The average molecular weight is 285 g/mol. The van der Waals surface area contributed by atoms with E-state index < -0.39 is 0 Å². The fourth-order valence-electron chi connectivity index (χ4n) is 2.44. The number of nitriles is 1. The first-order chi connectivity index (χ1) is 9.91. The van der Waals surface area contributed by atoms with Crippen LogP contribution in [0, 0.1) is 17.2 Å². The summed E-state index contributed by atoms with van der Waals surface area (Å²) in [6.45, 7) is 5.59. The first-order valence-corrected chi connectivity index (χ1v) is 7.00. The third-order valence-corrected chi connectivity index (χ3v) is 4.37. The van der Waals surface area contributed by atoms with E-state index in [1.165, 1.54) is 0 Å². The van der Waals surface area contributed by atoms with Crippen molar-refractivity contribution in [1.29, 1.82) is 5.26 Å². The molecule has 0 amide bonds. The lowest BCUT2D eigenvalue weighted by Crippen LogP contribution is -2.29. The van der Waals surface area contributed by atoms with Gasteiger partial charge in [0.15, 0.2) is 0 Å². The minimum absolute atomic E-state index is 0.121. The van der Waals surface area contributed by atoms with Gasteiger partial charge in [0.1, 0.15) is 5.82 Å². The summed E-state index contributed by atoms with van der Waals surface area (Å²) < 4.78 is 15.1. The van der Waals surface area contributed by atoms with Crippen LogP contribution in [0.5, 0.6) is 0 Å². The van der Waals surface area contributed by atoms with E-state index >= 15 is 0 Å². The van der Waals surface area contributed by atoms with Crippen LogP contribution in [0.1, 0.15) is 31.9 Å². The minimum Gasteiger partial charge on any atom is -0.334 e. The number of halogens is 1. The van der Waals surface area contributed by atoms with Crippen LogP contribution >= 0.6 is 0 Å². The lowest BCUT2D eigenvalue weighted by atomic mass is 9.72. The zero-order chi connectivity index (χ0) is 15.6. The summed E-state index contributed by atoms with van der Waals surface area (Å²) in [5, 5.41) is 9.14. The first kappa shape index (κ1) is 15.2. The SMILES string of the molecule is CC(CF)C(C)(C)c1ccc(C#N)cc1-c1nccn1C. The molecule has 0 aliphatic rings. The summed E-state index contributed by atoms with van der Waals surface area (Å²) >= 11 is 0. The second-order valence-corrected chi connectivity index (χ2v) is 6.01. The van der Waals surface area contributed by atoms with Gasteiger partial charge in [-0.1, -0.05) is 26.8 Å². The zero-order valence-corrected chi connectivity index (χ0v) is 12.9. The fraction of sp³-hybridized carbons (Fsp3) is 0.412. The molecule has 1 aromatic carbocycles. The zero-order valence-electron chi connectivity index (χ0n) is 12.9. The summed E-state index contributed by atoms with van der Waals surface area (Å²) in [6.07, 6.45) is 3.59. The van der Waals surface area contributed by atoms with E-state index in [4.69, 9.17) is 5.26 Å². The molecule has 110 valence electrons. The Morgan fingerprint density at radius 3 is 2.67 bits per heavy atom. The van der Waals surface area contributed by atoms with Gasteiger partial charge in [-0.2, -0.15) is 5.26 Å². The van der Waals surface area contributed by atoms with Gasteiger partial charge in [0.25, 0.3) is 0 Å². The van der Waals surface area contributed by atoms with Crippen LogP contribution in [0.25, 0.3) is 11.4 Å². The van der Waals surface area contributed by atoms with Crippen molar-refractivity contribution in [2.45, 2.75) is 26.2 Å². The van der Waals surface area contributed by atoms with E-state index in [1.54, 1.807) is 12.3 Å². The molecule has 21 heavy (non-hydrogen) atoms. The van der Waals surface area contributed by atoms with E-state index in [2.05, 4.69) is 11.1 Å². The van der Waals surface area contributed by atoms with Crippen LogP contribution in [0.4, 0.5) is 4.39 Å². The lowest BCUT2D eigenvalue weighted by molar-refractivity contribution is 0.268. The molecule has 1 heterocycles. The van der Waals surface area contributed by atoms with Crippen molar-refractivity contribution in [1.82, 2.24) is 9.55 Å². The van der Waals surface area contributed by atoms with Crippen LogP contribution in [0.2, 0.25) is 0 Å². The first-order valence-electron chi connectivity index (χ1n) is 7.00. The molecule has 0 aliphatic carbocycles. The maximum absolute atomic E-state index is 13.2. The Labute approximate surface area is 125 Å². The van der Waals surface area contributed by atoms with Crippen LogP contribution < -0.4 is 0 Å². The number of aromatic nitrogens is 2. The van der Waals surface area contributed by atoms with Crippen LogP contribution in [0.15, 0.2) is 30.6 Å². The Morgan fingerprint density at radius 2 is 2.14 bits per heavy atom. The predicted molar refractivity (Wildman–Crippen MR) is 81.5 cm³/mol. The van der Waals surface area contributed by atoms with Gasteiger partial charge < -0.3 is 4.57 Å². The molecular formula is C17H20FN3. The standard InChI is InChI=1S/C17H20FN3/c1-12(10-18)17(2,3)15-6-5-13(11-19)9-14(15)16-20-7-8-21(16)4/h5-9,12H,10H2,1-4H3. The van der Waals surface area contributed by atoms with Crippen molar-refractivity contribution in [3.8, 4) is 17.5 Å². The van der Waals surface area contributed by atoms with Gasteiger partial charge in [0, 0.05) is 25.0 Å². The summed E-state index contributed by atoms with van der Waals surface area (Å²) in [5.74, 6) is 0.672. The van der Waals surface area contributed by atoms with Gasteiger partial charge in [-0.15, -0.1) is 0 Å². The molecule has 0 fully saturated rings. The molecule has 0 radical (unpaired) electrons. The predicted octanol–water partition coefficient (Wildman–Crippen LogP) is 3.84. The number of hydrogen-bond acceptors (Lipinski definition) is 2. The highest BCUT2D eigenvalue weighted by Crippen LogP contribution is 2.38. The van der Waals surface area contributed by atoms with E-state index in [0.29, 0.717) is 5.56 Å². The number of hydrogen-bond donors (Lipinski definition) is 0. The molecule has 2 rings (SSSR count). The number of benzene rings is 1. The molecule has 1 aromatic heterocycles. The summed E-state index contributed by atoms with van der Waals surface area (Å²) in [7, 11) is 1.91. The van der Waals surface area contributed by atoms with Crippen molar-refractivity contribution < 1.29 is 4.39 Å². The van der Waals surface area contributed by atoms with Gasteiger partial charge in [-0.05, 0) is 29.0 Å². The van der Waals surface area contributed by atoms with Crippen LogP contribution in [-0.2, 0) is 12.5 Å². The van der Waals surface area contributed by atoms with E-state index in [9.17, 15) is 4.39 Å². The van der Waals surface area contributed by atoms with Gasteiger partial charge in [0.05, 0.1) is 18.3 Å². The van der Waals surface area contributed by atoms with Gasteiger partial charge in [0.2, 0.25) is 0 Å². The van der Waals surface area contributed by atoms with Crippen molar-refractivity contribution in [2.24, 2.45) is 13.0 Å². The number of imidazole rings is 1. The second-order valence-electron chi connectivity index (χ2n) is 6.01. The van der Waals surface area contributed by atoms with Gasteiger partial charge in [-0.3, -0.25) is 4.39 Å². The van der Waals surface area contributed by atoms with Crippen LogP contribution in [-0.4, -0.2) is 16.2 Å². The molecule has 1 atom stereocenters. The molecule has 4 heteroatoms. The molecule has 0 saturated carbocycles. The Hall–Kier alpha value is -2.15. The third kappa shape index (κ3) is 2.69. The van der Waals surface area contributed by atoms with Gasteiger partial charge >= 0.3 is 0 Å². The Bertz CT molecular complexity index is 680. The average Bonchev–Trinajstić information content (AvgIpc) is 2.91. The lowest BCUT2D eigenvalue weighted by Gasteiger charge is -2.32. The molecule has 0 aliphatic heterocycles. The number of alkyl halides is 1. The normalized spacial score (nSPS) is 13.0. The largest absolute Gasteiger partial charge is 0.334 e. The summed E-state index contributed by atoms with van der Waals surface area (Å²) in [6, 6.07) is 7.71. The monoisotopic (exact) mass is 285 g/mol. The maximum Gasteiger partial charge on any atom is 0.139 e. The van der Waals surface area contributed by atoms with Crippen molar-refractivity contribution >= 4 is 0 Å². The molecular weight excluding hydrogens is 265 g/mol. The molecule has 3 nitrogen and oxygen atoms in total. The molecule has 1 unspecified atom stereocenters. The molecule has 0 spiro atoms. The number of rotatable bonds is 4. The highest BCUT2D eigenvalue weighted by Gasteiger charge is 2.31. The maximum atomic E-state index is 13.2. The van der Waals surface area contributed by atoms with E-state index in [-0.39, 0.29) is 18.0 Å². The Kier molecular flexibility index (Phi) is 4.13. The molecule has 2 aromatic rings. The Balaban J connectivity index is 2.68. The quantitative estimate of drug-likeness (QED) is 0.856. The van der Waals surface area contributed by atoms with Crippen molar-refractivity contribution in [3.05, 3.63) is 41.7 Å². The number of aryl methyl sites for hydroxylation is 1. The smallest absolute Gasteiger partial charge is 0.139 e. The summed E-state index contributed by atoms with van der Waals surface area (Å²) in [5.41, 5.74) is 2.15. The Morgan fingerprint density at radius 1 is 1.43 bits per heavy atom. The fourth-order valence-corrected chi connectivity index (χ4v) is 2.44. The van der Waals surface area contributed by atoms with E-state index in [1.807, 2.05) is 50.7 Å². The topological polar surface area (TPSA) is 41.6 Å². The highest BCUT2D eigenvalue weighted by atomic mass is 19.1. The second kappa shape index (κ2) is 5.69. The summed E-state index contributed by atoms with van der Waals surface area (Å²) in [4.78, 5) is 4.38. The van der Waals surface area contributed by atoms with Crippen molar-refractivity contribution in [2.75, 3.05) is 6.67 Å². The van der Waals surface area contributed by atoms with Gasteiger partial charge in [-0.25, -0.2) is 4.98 Å². The highest BCUT2D eigenvalue weighted by molar-refractivity contribution is 5.65. The van der Waals surface area contributed by atoms with Crippen molar-refractivity contribution in [3.63, 3.8) is 0 Å². The third-order valence-electron chi connectivity index (χ3n) is 4.37. The molecule has 0 bridgehead atoms.